The second-order valence-electron chi connectivity index (χ2n) is 6.73. The number of nitrogens with two attached hydrogens (primary N) is 1. The number of hydrogen-bond donors (Lipinski definition) is 1. The minimum atomic E-state index is -0.0387. The van der Waals surface area contributed by atoms with E-state index in [9.17, 15) is 0 Å². The summed E-state index contributed by atoms with van der Waals surface area (Å²) in [5.41, 5.74) is 7.50. The van der Waals surface area contributed by atoms with Gasteiger partial charge in [-0.2, -0.15) is 0 Å². The number of rotatable bonds is 3. The van der Waals surface area contributed by atoms with Crippen LogP contribution in [-0.2, 0) is 0 Å². The van der Waals surface area contributed by atoms with E-state index in [1.54, 1.807) is 7.11 Å². The fraction of sp³-hybridized carbons (Fsp3) is 0.667. The molecule has 1 aromatic carbocycles. The minimum absolute atomic E-state index is 0.0387. The minimum Gasteiger partial charge on any atom is -0.497 e. The Morgan fingerprint density at radius 3 is 2.76 bits per heavy atom. The molecular weight excluding hydrogens is 262 g/mol. The maximum atomic E-state index is 6.44. The van der Waals surface area contributed by atoms with Crippen molar-refractivity contribution in [3.63, 3.8) is 0 Å². The van der Waals surface area contributed by atoms with Crippen LogP contribution in [0.1, 0.15) is 63.5 Å². The predicted octanol–water partition coefficient (Wildman–Crippen LogP) is 4.21. The molecular formula is C18H27NO2. The molecule has 1 saturated carbocycles. The van der Waals surface area contributed by atoms with Crippen molar-refractivity contribution in [3.8, 4) is 11.5 Å². The molecule has 2 aliphatic rings. The highest BCUT2D eigenvalue weighted by Gasteiger charge is 2.42. The molecule has 116 valence electrons. The first-order valence-electron chi connectivity index (χ1n) is 8.28. The van der Waals surface area contributed by atoms with Crippen LogP contribution >= 0.6 is 0 Å². The average Bonchev–Trinajstić information content (AvgIpc) is 2.49. The molecule has 0 aromatic heterocycles. The molecule has 1 fully saturated rings. The molecule has 0 radical (unpaired) electrons. The van der Waals surface area contributed by atoms with E-state index in [0.29, 0.717) is 0 Å². The van der Waals surface area contributed by atoms with Gasteiger partial charge in [-0.05, 0) is 37.7 Å². The summed E-state index contributed by atoms with van der Waals surface area (Å²) in [6.07, 6.45) is 8.43. The lowest BCUT2D eigenvalue weighted by molar-refractivity contribution is -0.0117. The van der Waals surface area contributed by atoms with Crippen LogP contribution < -0.4 is 15.2 Å². The van der Waals surface area contributed by atoms with E-state index < -0.39 is 0 Å². The highest BCUT2D eigenvalue weighted by molar-refractivity contribution is 5.44. The third-order valence-electron chi connectivity index (χ3n) is 5.25. The molecule has 1 heterocycles. The molecule has 3 nitrogen and oxygen atoms in total. The predicted molar refractivity (Wildman–Crippen MR) is 84.8 cm³/mol. The molecule has 0 unspecified atom stereocenters. The van der Waals surface area contributed by atoms with Crippen molar-refractivity contribution in [2.75, 3.05) is 7.11 Å². The zero-order valence-electron chi connectivity index (χ0n) is 13.2. The van der Waals surface area contributed by atoms with Gasteiger partial charge in [-0.25, -0.2) is 0 Å². The van der Waals surface area contributed by atoms with Gasteiger partial charge >= 0.3 is 0 Å². The smallest absolute Gasteiger partial charge is 0.128 e. The maximum Gasteiger partial charge on any atom is 0.128 e. The van der Waals surface area contributed by atoms with Crippen molar-refractivity contribution < 1.29 is 9.47 Å². The third-order valence-corrected chi connectivity index (χ3v) is 5.25. The molecule has 3 rings (SSSR count). The van der Waals surface area contributed by atoms with E-state index in [1.165, 1.54) is 25.7 Å². The van der Waals surface area contributed by atoms with Gasteiger partial charge in [0, 0.05) is 24.1 Å². The number of hydrogen-bond acceptors (Lipinski definition) is 3. The van der Waals surface area contributed by atoms with Gasteiger partial charge in [-0.3, -0.25) is 0 Å². The fourth-order valence-corrected chi connectivity index (χ4v) is 4.03. The molecule has 1 spiro atoms. The Kier molecular flexibility index (Phi) is 4.12. The van der Waals surface area contributed by atoms with E-state index in [-0.39, 0.29) is 11.6 Å². The van der Waals surface area contributed by atoms with Crippen molar-refractivity contribution in [3.05, 3.63) is 23.8 Å². The normalized spacial score (nSPS) is 31.6. The Hall–Kier alpha value is -1.22. The number of ether oxygens (including phenoxy) is 2. The fourth-order valence-electron chi connectivity index (χ4n) is 4.03. The molecule has 0 saturated heterocycles. The standard InChI is InChI=1S/C18H27NO2/c1-3-4-13-7-9-18(10-8-13)12-16(19)15-6-5-14(20-2)11-17(15)21-18/h5-6,11,13,16H,3-4,7-10,12,19H2,1-2H3/t13?,16-,18?/m0/s1. The van der Waals surface area contributed by atoms with Crippen molar-refractivity contribution in [1.29, 1.82) is 0 Å². The van der Waals surface area contributed by atoms with Crippen LogP contribution in [0.15, 0.2) is 18.2 Å². The van der Waals surface area contributed by atoms with Crippen molar-refractivity contribution in [1.82, 2.24) is 0 Å². The van der Waals surface area contributed by atoms with E-state index in [1.807, 2.05) is 12.1 Å². The molecule has 1 aliphatic carbocycles. The van der Waals surface area contributed by atoms with Gasteiger partial charge in [-0.1, -0.05) is 25.8 Å². The van der Waals surface area contributed by atoms with Gasteiger partial charge in [0.1, 0.15) is 17.1 Å². The van der Waals surface area contributed by atoms with Crippen LogP contribution in [0.5, 0.6) is 11.5 Å². The van der Waals surface area contributed by atoms with Gasteiger partial charge in [0.2, 0.25) is 0 Å². The Bertz CT molecular complexity index is 492. The molecule has 3 heteroatoms. The summed E-state index contributed by atoms with van der Waals surface area (Å²) in [5, 5.41) is 0. The third kappa shape index (κ3) is 2.89. The first-order valence-corrected chi connectivity index (χ1v) is 8.28. The van der Waals surface area contributed by atoms with Crippen LogP contribution in [0.2, 0.25) is 0 Å². The maximum absolute atomic E-state index is 6.44. The monoisotopic (exact) mass is 289 g/mol. The number of methoxy groups -OCH3 is 1. The number of fused-ring (bicyclic) bond motifs is 1. The Labute approximate surface area is 127 Å². The summed E-state index contributed by atoms with van der Waals surface area (Å²) in [6.45, 7) is 2.28. The highest BCUT2D eigenvalue weighted by Crippen LogP contribution is 2.47. The van der Waals surface area contributed by atoms with Crippen LogP contribution in [0.3, 0.4) is 0 Å². The number of benzene rings is 1. The van der Waals surface area contributed by atoms with Crippen LogP contribution in [0.25, 0.3) is 0 Å². The largest absolute Gasteiger partial charge is 0.497 e. The van der Waals surface area contributed by atoms with Gasteiger partial charge in [0.25, 0.3) is 0 Å². The van der Waals surface area contributed by atoms with Gasteiger partial charge in [0.15, 0.2) is 0 Å². The SMILES string of the molecule is CCCC1CCC2(CC1)C[C@H](N)c1ccc(OC)cc1O2. The zero-order valence-corrected chi connectivity index (χ0v) is 13.2. The first-order chi connectivity index (χ1) is 10.2. The second kappa shape index (κ2) is 5.88. The molecule has 2 N–H and O–H groups in total. The average molecular weight is 289 g/mol. The van der Waals surface area contributed by atoms with Crippen molar-refractivity contribution in [2.24, 2.45) is 11.7 Å². The van der Waals surface area contributed by atoms with E-state index in [4.69, 9.17) is 15.2 Å². The van der Waals surface area contributed by atoms with Crippen molar-refractivity contribution >= 4 is 0 Å². The van der Waals surface area contributed by atoms with E-state index in [0.717, 1.165) is 42.2 Å². The molecule has 1 aromatic rings. The molecule has 21 heavy (non-hydrogen) atoms. The van der Waals surface area contributed by atoms with Crippen LogP contribution in [0, 0.1) is 5.92 Å². The van der Waals surface area contributed by atoms with Crippen LogP contribution in [0.4, 0.5) is 0 Å². The van der Waals surface area contributed by atoms with Gasteiger partial charge in [-0.15, -0.1) is 0 Å². The molecule has 0 amide bonds. The summed E-state index contributed by atoms with van der Waals surface area (Å²) in [6, 6.07) is 6.10. The quantitative estimate of drug-likeness (QED) is 0.906. The first kappa shape index (κ1) is 14.7. The molecule has 1 atom stereocenters. The van der Waals surface area contributed by atoms with Gasteiger partial charge < -0.3 is 15.2 Å². The highest BCUT2D eigenvalue weighted by atomic mass is 16.5. The zero-order chi connectivity index (χ0) is 14.9. The van der Waals surface area contributed by atoms with Crippen molar-refractivity contribution in [2.45, 2.75) is 63.5 Å². The second-order valence-corrected chi connectivity index (χ2v) is 6.73. The lowest BCUT2D eigenvalue weighted by Gasteiger charge is -2.45. The van der Waals surface area contributed by atoms with E-state index >= 15 is 0 Å². The Morgan fingerprint density at radius 1 is 1.33 bits per heavy atom. The van der Waals surface area contributed by atoms with Gasteiger partial charge in [0.05, 0.1) is 7.11 Å². The summed E-state index contributed by atoms with van der Waals surface area (Å²) in [7, 11) is 1.69. The Morgan fingerprint density at radius 2 is 2.10 bits per heavy atom. The lowest BCUT2D eigenvalue weighted by atomic mass is 9.72. The lowest BCUT2D eigenvalue weighted by Crippen LogP contribution is -2.45. The molecule has 1 aliphatic heterocycles. The molecule has 0 bridgehead atoms. The Balaban J connectivity index is 1.78. The van der Waals surface area contributed by atoms with E-state index in [2.05, 4.69) is 13.0 Å². The topological polar surface area (TPSA) is 44.5 Å². The summed E-state index contributed by atoms with van der Waals surface area (Å²) in [5.74, 6) is 2.66. The summed E-state index contributed by atoms with van der Waals surface area (Å²) < 4.78 is 11.8. The summed E-state index contributed by atoms with van der Waals surface area (Å²) >= 11 is 0. The van der Waals surface area contributed by atoms with Crippen LogP contribution in [-0.4, -0.2) is 12.7 Å². The summed E-state index contributed by atoms with van der Waals surface area (Å²) in [4.78, 5) is 0.